The number of carbonyl (C=O) groups excluding carboxylic acids is 1. The maximum atomic E-state index is 13.6. The van der Waals surface area contributed by atoms with Crippen LogP contribution in [0, 0.1) is 17.7 Å². The molecule has 0 bridgehead atoms. The Morgan fingerprint density at radius 1 is 1.40 bits per heavy atom. The molecule has 1 N–H and O–H groups in total. The molecule has 6 heteroatoms. The van der Waals surface area contributed by atoms with Crippen LogP contribution in [-0.2, 0) is 16.1 Å². The van der Waals surface area contributed by atoms with Crippen LogP contribution in [0.3, 0.4) is 0 Å². The van der Waals surface area contributed by atoms with Crippen LogP contribution in [0.25, 0.3) is 0 Å². The molecule has 0 heterocycles. The van der Waals surface area contributed by atoms with Crippen molar-refractivity contribution in [1.29, 1.82) is 0 Å². The van der Waals surface area contributed by atoms with Crippen LogP contribution in [0.4, 0.5) is 4.39 Å². The van der Waals surface area contributed by atoms with Crippen LogP contribution >= 0.6 is 15.9 Å². The smallest absolute Gasteiger partial charge is 0.307 e. The molecule has 0 radical (unpaired) electrons. The van der Waals surface area contributed by atoms with E-state index in [4.69, 9.17) is 5.11 Å². The lowest BCUT2D eigenvalue weighted by atomic mass is 9.73. The summed E-state index contributed by atoms with van der Waals surface area (Å²) in [5.41, 5.74) is 0.404. The Balaban J connectivity index is 2.04. The van der Waals surface area contributed by atoms with Gasteiger partial charge in [-0.2, -0.15) is 0 Å². The quantitative estimate of drug-likeness (QED) is 0.914. The molecular formula is C14H15BrFNO3. The first-order chi connectivity index (χ1) is 9.40. The number of nitrogens with zero attached hydrogens (tertiary/aromatic N) is 1. The number of amides is 1. The molecule has 1 aliphatic carbocycles. The second-order valence-corrected chi connectivity index (χ2v) is 5.97. The van der Waals surface area contributed by atoms with Gasteiger partial charge in [0, 0.05) is 23.6 Å². The minimum atomic E-state index is -0.934. The summed E-state index contributed by atoms with van der Waals surface area (Å²) in [4.78, 5) is 24.5. The van der Waals surface area contributed by atoms with Crippen LogP contribution in [0.5, 0.6) is 0 Å². The Labute approximate surface area is 124 Å². The molecule has 2 unspecified atom stereocenters. The van der Waals surface area contributed by atoms with E-state index in [0.29, 0.717) is 18.4 Å². The van der Waals surface area contributed by atoms with Gasteiger partial charge in [-0.25, -0.2) is 4.39 Å². The molecule has 2 rings (SSSR count). The van der Waals surface area contributed by atoms with Gasteiger partial charge in [0.25, 0.3) is 0 Å². The van der Waals surface area contributed by atoms with E-state index in [1.165, 1.54) is 11.0 Å². The number of rotatable bonds is 4. The number of carboxylic acid groups (broad SMARTS) is 1. The molecule has 1 aromatic rings. The van der Waals surface area contributed by atoms with Gasteiger partial charge in [-0.15, -0.1) is 0 Å². The van der Waals surface area contributed by atoms with Gasteiger partial charge in [-0.05, 0) is 31.0 Å². The number of carboxylic acids is 1. The summed E-state index contributed by atoms with van der Waals surface area (Å²) in [6.45, 7) is 0.132. The zero-order valence-corrected chi connectivity index (χ0v) is 12.6. The van der Waals surface area contributed by atoms with Crippen LogP contribution in [0.1, 0.15) is 18.4 Å². The lowest BCUT2D eigenvalue weighted by Gasteiger charge is -2.35. The van der Waals surface area contributed by atoms with Crippen LogP contribution in [-0.4, -0.2) is 28.9 Å². The maximum Gasteiger partial charge on any atom is 0.307 e. The highest BCUT2D eigenvalue weighted by Crippen LogP contribution is 2.36. The number of halogens is 2. The summed E-state index contributed by atoms with van der Waals surface area (Å²) >= 11 is 3.26. The third-order valence-electron chi connectivity index (χ3n) is 3.70. The minimum Gasteiger partial charge on any atom is -0.481 e. The standard InChI is InChI=1S/C14H15BrFNO3/c1-17(7-8-6-9(15)2-5-12(8)16)13(18)10-3-4-11(10)14(19)20/h2,5-6,10-11H,3-4,7H2,1H3,(H,19,20). The van der Waals surface area contributed by atoms with Crippen molar-refractivity contribution in [3.8, 4) is 0 Å². The van der Waals surface area contributed by atoms with E-state index in [9.17, 15) is 14.0 Å². The summed E-state index contributed by atoms with van der Waals surface area (Å²) in [5, 5.41) is 8.97. The van der Waals surface area contributed by atoms with Crippen LogP contribution in [0.15, 0.2) is 22.7 Å². The highest BCUT2D eigenvalue weighted by atomic mass is 79.9. The fourth-order valence-electron chi connectivity index (χ4n) is 2.37. The fraction of sp³-hybridized carbons (Fsp3) is 0.429. The lowest BCUT2D eigenvalue weighted by Crippen LogP contribution is -2.44. The van der Waals surface area contributed by atoms with E-state index in [-0.39, 0.29) is 18.3 Å². The molecule has 0 saturated heterocycles. The first-order valence-corrected chi connectivity index (χ1v) is 7.11. The molecule has 1 amide bonds. The van der Waals surface area contributed by atoms with Crippen molar-refractivity contribution in [1.82, 2.24) is 4.90 Å². The Hall–Kier alpha value is -1.43. The summed E-state index contributed by atoms with van der Waals surface area (Å²) in [6, 6.07) is 4.54. The van der Waals surface area contributed by atoms with E-state index in [0.717, 1.165) is 4.47 Å². The molecular weight excluding hydrogens is 329 g/mol. The molecule has 4 nitrogen and oxygen atoms in total. The van der Waals surface area contributed by atoms with E-state index in [1.807, 2.05) is 0 Å². The van der Waals surface area contributed by atoms with Gasteiger partial charge in [-0.3, -0.25) is 9.59 Å². The molecule has 1 aromatic carbocycles. The molecule has 20 heavy (non-hydrogen) atoms. The predicted molar refractivity (Wildman–Crippen MR) is 74.4 cm³/mol. The van der Waals surface area contributed by atoms with Crippen molar-refractivity contribution in [3.05, 3.63) is 34.1 Å². The van der Waals surface area contributed by atoms with Gasteiger partial charge in [-0.1, -0.05) is 15.9 Å². The van der Waals surface area contributed by atoms with Gasteiger partial charge in [0.1, 0.15) is 5.82 Å². The fourth-order valence-corrected chi connectivity index (χ4v) is 2.78. The third-order valence-corrected chi connectivity index (χ3v) is 4.19. The molecule has 0 aromatic heterocycles. The first kappa shape index (κ1) is 15.0. The molecule has 2 atom stereocenters. The summed E-state index contributed by atoms with van der Waals surface area (Å²) in [5.74, 6) is -2.62. The molecule has 1 fully saturated rings. The van der Waals surface area contributed by atoms with Crippen molar-refractivity contribution in [2.75, 3.05) is 7.05 Å². The number of aliphatic carboxylic acids is 1. The van der Waals surface area contributed by atoms with Crippen LogP contribution < -0.4 is 0 Å². The highest BCUT2D eigenvalue weighted by Gasteiger charge is 2.42. The van der Waals surface area contributed by atoms with E-state index in [2.05, 4.69) is 15.9 Å². The lowest BCUT2D eigenvalue weighted by molar-refractivity contribution is -0.156. The van der Waals surface area contributed by atoms with Crippen molar-refractivity contribution >= 4 is 27.8 Å². The molecule has 1 saturated carbocycles. The second kappa shape index (κ2) is 5.91. The summed E-state index contributed by atoms with van der Waals surface area (Å²) in [7, 11) is 1.57. The average molecular weight is 344 g/mol. The molecule has 1 aliphatic rings. The zero-order valence-electron chi connectivity index (χ0n) is 11.0. The molecule has 108 valence electrons. The van der Waals surface area contributed by atoms with Crippen molar-refractivity contribution in [2.45, 2.75) is 19.4 Å². The number of carbonyl (C=O) groups is 2. The first-order valence-electron chi connectivity index (χ1n) is 6.32. The molecule has 0 spiro atoms. The zero-order chi connectivity index (χ0) is 14.9. The van der Waals surface area contributed by atoms with E-state index >= 15 is 0 Å². The van der Waals surface area contributed by atoms with Crippen molar-refractivity contribution < 1.29 is 19.1 Å². The SMILES string of the molecule is CN(Cc1cc(Br)ccc1F)C(=O)C1CCC1C(=O)O. The van der Waals surface area contributed by atoms with Crippen LogP contribution in [0.2, 0.25) is 0 Å². The summed E-state index contributed by atoms with van der Waals surface area (Å²) < 4.78 is 14.4. The van der Waals surface area contributed by atoms with Gasteiger partial charge >= 0.3 is 5.97 Å². The number of benzene rings is 1. The Morgan fingerprint density at radius 3 is 2.60 bits per heavy atom. The number of hydrogen-bond donors (Lipinski definition) is 1. The average Bonchev–Trinajstić information content (AvgIpc) is 2.31. The van der Waals surface area contributed by atoms with Gasteiger partial charge in [0.15, 0.2) is 0 Å². The predicted octanol–water partition coefficient (Wildman–Crippen LogP) is 2.66. The van der Waals surface area contributed by atoms with Gasteiger partial charge in [0.05, 0.1) is 11.8 Å². The summed E-state index contributed by atoms with van der Waals surface area (Å²) in [6.07, 6.45) is 1.12. The highest BCUT2D eigenvalue weighted by molar-refractivity contribution is 9.10. The minimum absolute atomic E-state index is 0.132. The third kappa shape index (κ3) is 3.00. The number of hydrogen-bond acceptors (Lipinski definition) is 2. The van der Waals surface area contributed by atoms with E-state index in [1.54, 1.807) is 19.2 Å². The van der Waals surface area contributed by atoms with Gasteiger partial charge < -0.3 is 10.0 Å². The topological polar surface area (TPSA) is 57.6 Å². The van der Waals surface area contributed by atoms with E-state index < -0.39 is 17.8 Å². The molecule has 0 aliphatic heterocycles. The monoisotopic (exact) mass is 343 g/mol. The van der Waals surface area contributed by atoms with Crippen molar-refractivity contribution in [2.24, 2.45) is 11.8 Å². The van der Waals surface area contributed by atoms with Crippen molar-refractivity contribution in [3.63, 3.8) is 0 Å². The maximum absolute atomic E-state index is 13.6. The normalized spacial score (nSPS) is 21.1. The Bertz CT molecular complexity index is 549. The van der Waals surface area contributed by atoms with Gasteiger partial charge in [0.2, 0.25) is 5.91 Å². The Morgan fingerprint density at radius 2 is 2.05 bits per heavy atom. The Kier molecular flexibility index (Phi) is 4.42. The second-order valence-electron chi connectivity index (χ2n) is 5.06. The largest absolute Gasteiger partial charge is 0.481 e.